The molecule has 0 N–H and O–H groups in total. The summed E-state index contributed by atoms with van der Waals surface area (Å²) in [5, 5.41) is 4.78. The van der Waals surface area contributed by atoms with Crippen LogP contribution >= 0.6 is 38.9 Å². The number of pyridine rings is 1. The molecule has 2 aromatic rings. The van der Waals surface area contributed by atoms with Gasteiger partial charge in [0.2, 0.25) is 0 Å². The molecule has 2 aromatic heterocycles. The van der Waals surface area contributed by atoms with Gasteiger partial charge < -0.3 is 0 Å². The molecule has 0 saturated heterocycles. The van der Waals surface area contributed by atoms with E-state index >= 15 is 0 Å². The summed E-state index contributed by atoms with van der Waals surface area (Å²) in [6, 6.07) is 3.62. The zero-order chi connectivity index (χ0) is 9.26. The van der Waals surface area contributed by atoms with Crippen molar-refractivity contribution in [2.75, 3.05) is 0 Å². The van der Waals surface area contributed by atoms with E-state index < -0.39 is 0 Å². The monoisotopic (exact) mass is 273 g/mol. The number of thiophene rings is 1. The standard InChI is InChI=1S/C9H5BrClNS/c10-8-5-13-4-7(8)9-3-6(11)1-2-12-9/h1-5H. The molecule has 0 fully saturated rings. The molecule has 0 aliphatic rings. The van der Waals surface area contributed by atoms with Crippen LogP contribution in [0.4, 0.5) is 0 Å². The highest BCUT2D eigenvalue weighted by Gasteiger charge is 2.04. The van der Waals surface area contributed by atoms with Gasteiger partial charge in [0, 0.05) is 32.0 Å². The van der Waals surface area contributed by atoms with E-state index in [2.05, 4.69) is 20.9 Å². The molecule has 0 amide bonds. The fourth-order valence-electron chi connectivity index (χ4n) is 1.02. The van der Waals surface area contributed by atoms with E-state index in [1.54, 1.807) is 23.6 Å². The van der Waals surface area contributed by atoms with Crippen LogP contribution in [-0.4, -0.2) is 4.98 Å². The number of hydrogen-bond acceptors (Lipinski definition) is 2. The molecule has 4 heteroatoms. The lowest BCUT2D eigenvalue weighted by Gasteiger charge is -1.97. The van der Waals surface area contributed by atoms with Crippen molar-refractivity contribution in [2.24, 2.45) is 0 Å². The highest BCUT2D eigenvalue weighted by molar-refractivity contribution is 9.10. The van der Waals surface area contributed by atoms with E-state index in [4.69, 9.17) is 11.6 Å². The van der Waals surface area contributed by atoms with Gasteiger partial charge in [-0.15, -0.1) is 0 Å². The van der Waals surface area contributed by atoms with Crippen molar-refractivity contribution >= 4 is 38.9 Å². The summed E-state index contributed by atoms with van der Waals surface area (Å²) in [7, 11) is 0. The van der Waals surface area contributed by atoms with Crippen LogP contribution in [0.25, 0.3) is 11.3 Å². The molecule has 0 aliphatic heterocycles. The Balaban J connectivity index is 2.53. The van der Waals surface area contributed by atoms with Gasteiger partial charge in [-0.1, -0.05) is 11.6 Å². The van der Waals surface area contributed by atoms with Crippen molar-refractivity contribution in [1.29, 1.82) is 0 Å². The predicted octanol–water partition coefficient (Wildman–Crippen LogP) is 4.23. The normalized spacial score (nSPS) is 10.3. The lowest BCUT2D eigenvalue weighted by atomic mass is 10.2. The SMILES string of the molecule is Clc1ccnc(-c2cscc2Br)c1. The summed E-state index contributed by atoms with van der Waals surface area (Å²) in [6.45, 7) is 0. The second-order valence-corrected chi connectivity index (χ2v) is 4.53. The highest BCUT2D eigenvalue weighted by Crippen LogP contribution is 2.31. The second-order valence-electron chi connectivity index (χ2n) is 2.49. The fraction of sp³-hybridized carbons (Fsp3) is 0. The van der Waals surface area contributed by atoms with Gasteiger partial charge in [-0.25, -0.2) is 0 Å². The van der Waals surface area contributed by atoms with Gasteiger partial charge in [-0.2, -0.15) is 11.3 Å². The van der Waals surface area contributed by atoms with Crippen molar-refractivity contribution in [1.82, 2.24) is 4.98 Å². The van der Waals surface area contributed by atoms with Crippen molar-refractivity contribution in [3.8, 4) is 11.3 Å². The Morgan fingerprint density at radius 1 is 1.38 bits per heavy atom. The molecule has 0 saturated carbocycles. The van der Waals surface area contributed by atoms with Crippen LogP contribution in [0.2, 0.25) is 5.02 Å². The second kappa shape index (κ2) is 3.78. The predicted molar refractivity (Wildman–Crippen MR) is 60.3 cm³/mol. The Bertz CT molecular complexity index is 427. The summed E-state index contributed by atoms with van der Waals surface area (Å²) in [6.07, 6.45) is 1.71. The lowest BCUT2D eigenvalue weighted by Crippen LogP contribution is -1.80. The Morgan fingerprint density at radius 3 is 2.85 bits per heavy atom. The van der Waals surface area contributed by atoms with Crippen molar-refractivity contribution in [3.63, 3.8) is 0 Å². The maximum atomic E-state index is 5.86. The molecule has 13 heavy (non-hydrogen) atoms. The van der Waals surface area contributed by atoms with Crippen LogP contribution in [0.3, 0.4) is 0 Å². The number of rotatable bonds is 1. The number of aromatic nitrogens is 1. The zero-order valence-electron chi connectivity index (χ0n) is 6.50. The molecule has 0 bridgehead atoms. The number of hydrogen-bond donors (Lipinski definition) is 0. The topological polar surface area (TPSA) is 12.9 Å². The van der Waals surface area contributed by atoms with Gasteiger partial charge >= 0.3 is 0 Å². The summed E-state index contributed by atoms with van der Waals surface area (Å²) in [4.78, 5) is 4.24. The van der Waals surface area contributed by atoms with Crippen LogP contribution < -0.4 is 0 Å². The van der Waals surface area contributed by atoms with Gasteiger partial charge in [0.1, 0.15) is 0 Å². The Morgan fingerprint density at radius 2 is 2.23 bits per heavy atom. The van der Waals surface area contributed by atoms with Crippen LogP contribution in [-0.2, 0) is 0 Å². The zero-order valence-corrected chi connectivity index (χ0v) is 9.66. The van der Waals surface area contributed by atoms with Crippen molar-refractivity contribution in [3.05, 3.63) is 38.6 Å². The molecule has 2 rings (SSSR count). The molecule has 1 nitrogen and oxygen atoms in total. The van der Waals surface area contributed by atoms with Gasteiger partial charge in [0.25, 0.3) is 0 Å². The third kappa shape index (κ3) is 1.93. The van der Waals surface area contributed by atoms with E-state index in [1.165, 1.54) is 0 Å². The summed E-state index contributed by atoms with van der Waals surface area (Å²) < 4.78 is 1.06. The van der Waals surface area contributed by atoms with Crippen LogP contribution in [0, 0.1) is 0 Å². The molecule has 0 atom stereocenters. The maximum absolute atomic E-state index is 5.86. The average Bonchev–Trinajstić information content (AvgIpc) is 2.51. The molecule has 0 aromatic carbocycles. The largest absolute Gasteiger partial charge is 0.256 e. The molecule has 2 heterocycles. The van der Waals surface area contributed by atoms with E-state index in [0.29, 0.717) is 5.02 Å². The molecular formula is C9H5BrClNS. The number of nitrogens with zero attached hydrogens (tertiary/aromatic N) is 1. The van der Waals surface area contributed by atoms with Gasteiger partial charge in [0.15, 0.2) is 0 Å². The first-order valence-electron chi connectivity index (χ1n) is 3.61. The highest BCUT2D eigenvalue weighted by atomic mass is 79.9. The van der Waals surface area contributed by atoms with Crippen molar-refractivity contribution in [2.45, 2.75) is 0 Å². The smallest absolute Gasteiger partial charge is 0.0736 e. The summed E-state index contributed by atoms with van der Waals surface area (Å²) in [5.74, 6) is 0. The third-order valence-electron chi connectivity index (χ3n) is 1.61. The molecule has 0 spiro atoms. The average molecular weight is 275 g/mol. The molecule has 0 unspecified atom stereocenters. The summed E-state index contributed by atoms with van der Waals surface area (Å²) in [5.41, 5.74) is 1.99. The number of halogens is 2. The van der Waals surface area contributed by atoms with Crippen LogP contribution in [0.15, 0.2) is 33.6 Å². The Kier molecular flexibility index (Phi) is 2.67. The molecule has 0 radical (unpaired) electrons. The van der Waals surface area contributed by atoms with Crippen LogP contribution in [0.5, 0.6) is 0 Å². The van der Waals surface area contributed by atoms with E-state index in [9.17, 15) is 0 Å². The first-order chi connectivity index (χ1) is 6.27. The molecule has 66 valence electrons. The minimum absolute atomic E-state index is 0.711. The Labute approximate surface area is 93.5 Å². The van der Waals surface area contributed by atoms with E-state index in [0.717, 1.165) is 15.7 Å². The lowest BCUT2D eigenvalue weighted by molar-refractivity contribution is 1.33. The minimum atomic E-state index is 0.711. The summed E-state index contributed by atoms with van der Waals surface area (Å²) >= 11 is 11.0. The first kappa shape index (κ1) is 9.19. The Hall–Kier alpha value is -0.380. The van der Waals surface area contributed by atoms with Gasteiger partial charge in [-0.05, 0) is 28.1 Å². The van der Waals surface area contributed by atoms with E-state index in [1.807, 2.05) is 16.8 Å². The molecule has 0 aliphatic carbocycles. The van der Waals surface area contributed by atoms with E-state index in [-0.39, 0.29) is 0 Å². The maximum Gasteiger partial charge on any atom is 0.0736 e. The minimum Gasteiger partial charge on any atom is -0.256 e. The van der Waals surface area contributed by atoms with Gasteiger partial charge in [0.05, 0.1) is 5.69 Å². The third-order valence-corrected chi connectivity index (χ3v) is 3.55. The quantitative estimate of drug-likeness (QED) is 0.758. The first-order valence-corrected chi connectivity index (χ1v) is 5.72. The van der Waals surface area contributed by atoms with Crippen molar-refractivity contribution < 1.29 is 0 Å². The molecular weight excluding hydrogens is 270 g/mol. The van der Waals surface area contributed by atoms with Crippen LogP contribution in [0.1, 0.15) is 0 Å². The fourth-order valence-corrected chi connectivity index (χ4v) is 2.67. The van der Waals surface area contributed by atoms with Gasteiger partial charge in [-0.3, -0.25) is 4.98 Å².